The van der Waals surface area contributed by atoms with Crippen molar-refractivity contribution in [3.05, 3.63) is 40.6 Å². The molecule has 4 nitrogen and oxygen atoms in total. The number of nitrogens with zero attached hydrogens (tertiary/aromatic N) is 3. The predicted octanol–water partition coefficient (Wildman–Crippen LogP) is 2.14. The van der Waals surface area contributed by atoms with E-state index < -0.39 is 0 Å². The van der Waals surface area contributed by atoms with Gasteiger partial charge < -0.3 is 0 Å². The molecule has 0 N–H and O–H groups in total. The zero-order chi connectivity index (χ0) is 11.7. The van der Waals surface area contributed by atoms with Crippen LogP contribution < -0.4 is 5.56 Å². The molecule has 0 atom stereocenters. The van der Waals surface area contributed by atoms with E-state index in [0.717, 1.165) is 18.5 Å². The fourth-order valence-corrected chi connectivity index (χ4v) is 2.57. The van der Waals surface area contributed by atoms with Gasteiger partial charge in [0, 0.05) is 24.4 Å². The second kappa shape index (κ2) is 4.28. The van der Waals surface area contributed by atoms with Gasteiger partial charge in [0.25, 0.3) is 5.56 Å². The summed E-state index contributed by atoms with van der Waals surface area (Å²) in [4.78, 5) is 20.6. The summed E-state index contributed by atoms with van der Waals surface area (Å²) in [7, 11) is 0. The van der Waals surface area contributed by atoms with Crippen molar-refractivity contribution in [2.75, 3.05) is 0 Å². The Bertz CT molecular complexity index is 584. The fourth-order valence-electron chi connectivity index (χ4n) is 2.57. The maximum absolute atomic E-state index is 11.9. The average molecular weight is 229 g/mol. The Hall–Kier alpha value is -1.71. The van der Waals surface area contributed by atoms with Gasteiger partial charge in [-0.15, -0.1) is 0 Å². The lowest BCUT2D eigenvalue weighted by Crippen LogP contribution is -2.18. The first kappa shape index (κ1) is 10.4. The molecule has 4 heteroatoms. The molecule has 1 saturated carbocycles. The molecule has 0 aliphatic heterocycles. The first-order valence-corrected chi connectivity index (χ1v) is 6.19. The smallest absolute Gasteiger partial charge is 0.259 e. The van der Waals surface area contributed by atoms with Crippen molar-refractivity contribution in [3.63, 3.8) is 0 Å². The minimum absolute atomic E-state index is 0.0244. The standard InChI is InChI=1S/C13H15N3O/c17-12-9-11(10-5-2-1-3-6-10)15-13-14-7-4-8-16(12)13/h4,7-10H,1-3,5-6H2. The highest BCUT2D eigenvalue weighted by atomic mass is 16.1. The summed E-state index contributed by atoms with van der Waals surface area (Å²) < 4.78 is 1.49. The van der Waals surface area contributed by atoms with Crippen molar-refractivity contribution < 1.29 is 0 Å². The molecule has 2 aromatic rings. The van der Waals surface area contributed by atoms with Crippen LogP contribution in [0.1, 0.15) is 43.7 Å². The van der Waals surface area contributed by atoms with E-state index in [2.05, 4.69) is 9.97 Å². The van der Waals surface area contributed by atoms with Crippen LogP contribution in [0.3, 0.4) is 0 Å². The molecule has 0 amide bonds. The van der Waals surface area contributed by atoms with Gasteiger partial charge in [0.2, 0.25) is 5.78 Å². The first-order valence-electron chi connectivity index (χ1n) is 6.19. The summed E-state index contributed by atoms with van der Waals surface area (Å²) >= 11 is 0. The summed E-state index contributed by atoms with van der Waals surface area (Å²) in [6.45, 7) is 0. The van der Waals surface area contributed by atoms with Crippen molar-refractivity contribution >= 4 is 5.78 Å². The van der Waals surface area contributed by atoms with Crippen molar-refractivity contribution in [1.29, 1.82) is 0 Å². The van der Waals surface area contributed by atoms with Gasteiger partial charge in [-0.3, -0.25) is 9.20 Å². The molecule has 0 aromatic carbocycles. The van der Waals surface area contributed by atoms with E-state index in [0.29, 0.717) is 11.7 Å². The number of hydrogen-bond donors (Lipinski definition) is 0. The molecule has 3 rings (SSSR count). The van der Waals surface area contributed by atoms with Crippen LogP contribution in [-0.4, -0.2) is 14.4 Å². The SMILES string of the molecule is O=c1cc(C2CCCCC2)nc2ncccn12. The third-order valence-corrected chi connectivity index (χ3v) is 3.49. The second-order valence-electron chi connectivity index (χ2n) is 4.64. The van der Waals surface area contributed by atoms with E-state index in [1.807, 2.05) is 0 Å². The van der Waals surface area contributed by atoms with Crippen LogP contribution in [0.5, 0.6) is 0 Å². The Morgan fingerprint density at radius 3 is 2.88 bits per heavy atom. The van der Waals surface area contributed by atoms with Gasteiger partial charge in [0.15, 0.2) is 0 Å². The Morgan fingerprint density at radius 2 is 2.06 bits per heavy atom. The number of hydrogen-bond acceptors (Lipinski definition) is 3. The summed E-state index contributed by atoms with van der Waals surface area (Å²) in [6, 6.07) is 3.42. The normalized spacial score (nSPS) is 17.4. The van der Waals surface area contributed by atoms with Crippen LogP contribution in [-0.2, 0) is 0 Å². The molecular formula is C13H15N3O. The third-order valence-electron chi connectivity index (χ3n) is 3.49. The Kier molecular flexibility index (Phi) is 2.63. The summed E-state index contributed by atoms with van der Waals surface area (Å²) in [5.41, 5.74) is 0.900. The highest BCUT2D eigenvalue weighted by Gasteiger charge is 2.18. The van der Waals surface area contributed by atoms with Gasteiger partial charge in [0.05, 0.1) is 5.69 Å². The molecule has 0 saturated heterocycles. The van der Waals surface area contributed by atoms with E-state index >= 15 is 0 Å². The van der Waals surface area contributed by atoms with Crippen molar-refractivity contribution in [3.8, 4) is 0 Å². The molecular weight excluding hydrogens is 214 g/mol. The molecule has 0 unspecified atom stereocenters. The Morgan fingerprint density at radius 1 is 1.24 bits per heavy atom. The van der Waals surface area contributed by atoms with E-state index in [1.165, 1.54) is 23.7 Å². The number of fused-ring (bicyclic) bond motifs is 1. The molecule has 0 spiro atoms. The molecule has 2 heterocycles. The fraction of sp³-hybridized carbons (Fsp3) is 0.462. The first-order chi connectivity index (χ1) is 8.34. The molecule has 88 valence electrons. The molecule has 1 fully saturated rings. The summed E-state index contributed by atoms with van der Waals surface area (Å²) in [5.74, 6) is 0.962. The number of rotatable bonds is 1. The van der Waals surface area contributed by atoms with E-state index in [9.17, 15) is 4.79 Å². The van der Waals surface area contributed by atoms with Gasteiger partial charge in [-0.25, -0.2) is 9.97 Å². The monoisotopic (exact) mass is 229 g/mol. The minimum Gasteiger partial charge on any atom is -0.269 e. The zero-order valence-electron chi connectivity index (χ0n) is 9.67. The van der Waals surface area contributed by atoms with Crippen molar-refractivity contribution in [2.24, 2.45) is 0 Å². The lowest BCUT2D eigenvalue weighted by atomic mass is 9.87. The molecule has 0 bridgehead atoms. The second-order valence-corrected chi connectivity index (χ2v) is 4.64. The molecule has 1 aliphatic rings. The van der Waals surface area contributed by atoms with Crippen LogP contribution in [0.15, 0.2) is 29.3 Å². The minimum atomic E-state index is -0.0244. The maximum atomic E-state index is 11.9. The Labute approximate surface area is 99.3 Å². The third kappa shape index (κ3) is 1.95. The van der Waals surface area contributed by atoms with Crippen molar-refractivity contribution in [2.45, 2.75) is 38.0 Å². The van der Waals surface area contributed by atoms with E-state index in [4.69, 9.17) is 0 Å². The van der Waals surface area contributed by atoms with Crippen LogP contribution >= 0.6 is 0 Å². The maximum Gasteiger partial charge on any atom is 0.259 e. The summed E-state index contributed by atoms with van der Waals surface area (Å²) in [6.07, 6.45) is 9.48. The molecule has 2 aromatic heterocycles. The lowest BCUT2D eigenvalue weighted by molar-refractivity contribution is 0.436. The van der Waals surface area contributed by atoms with E-state index in [-0.39, 0.29) is 5.56 Å². The lowest BCUT2D eigenvalue weighted by Gasteiger charge is -2.20. The highest BCUT2D eigenvalue weighted by Crippen LogP contribution is 2.30. The molecule has 0 radical (unpaired) electrons. The number of aromatic nitrogens is 3. The van der Waals surface area contributed by atoms with Gasteiger partial charge in [0.1, 0.15) is 0 Å². The van der Waals surface area contributed by atoms with Crippen LogP contribution in [0.2, 0.25) is 0 Å². The largest absolute Gasteiger partial charge is 0.269 e. The van der Waals surface area contributed by atoms with Crippen LogP contribution in [0, 0.1) is 0 Å². The van der Waals surface area contributed by atoms with E-state index in [1.54, 1.807) is 24.5 Å². The van der Waals surface area contributed by atoms with Crippen LogP contribution in [0.25, 0.3) is 5.78 Å². The summed E-state index contributed by atoms with van der Waals surface area (Å²) in [5, 5.41) is 0. The van der Waals surface area contributed by atoms with Gasteiger partial charge >= 0.3 is 0 Å². The molecule has 17 heavy (non-hydrogen) atoms. The quantitative estimate of drug-likeness (QED) is 0.752. The predicted molar refractivity (Wildman–Crippen MR) is 65.1 cm³/mol. The van der Waals surface area contributed by atoms with Gasteiger partial charge in [-0.05, 0) is 18.9 Å². The van der Waals surface area contributed by atoms with Gasteiger partial charge in [-0.1, -0.05) is 19.3 Å². The average Bonchev–Trinajstić information content (AvgIpc) is 2.40. The van der Waals surface area contributed by atoms with Gasteiger partial charge in [-0.2, -0.15) is 0 Å². The zero-order valence-corrected chi connectivity index (χ0v) is 9.67. The molecule has 1 aliphatic carbocycles. The topological polar surface area (TPSA) is 47.3 Å². The highest BCUT2D eigenvalue weighted by molar-refractivity contribution is 5.29. The van der Waals surface area contributed by atoms with Crippen LogP contribution in [0.4, 0.5) is 0 Å². The Balaban J connectivity index is 2.08. The van der Waals surface area contributed by atoms with Crippen molar-refractivity contribution in [1.82, 2.24) is 14.4 Å².